The molecule has 2 aromatic rings. The van der Waals surface area contributed by atoms with Gasteiger partial charge in [-0.2, -0.15) is 13.2 Å². The number of alkyl halides is 3. The molecule has 0 aliphatic carbocycles. The maximum atomic E-state index is 12.4. The third kappa shape index (κ3) is 4.50. The second-order valence-electron chi connectivity index (χ2n) is 4.26. The summed E-state index contributed by atoms with van der Waals surface area (Å²) in [5.41, 5.74) is -1.06. The van der Waals surface area contributed by atoms with Gasteiger partial charge in [-0.05, 0) is 17.5 Å². The van der Waals surface area contributed by atoms with Gasteiger partial charge in [-0.15, -0.1) is 11.3 Å². The minimum absolute atomic E-state index is 0.0222. The number of nitrogens with zero attached hydrogens (tertiary/aromatic N) is 1. The molecule has 0 aliphatic heterocycles. The SMILES string of the molecule is N=C(NC(O)c1ccc(C(F)(F)F)nc1)OC(=N)c1cccs1. The Hall–Kier alpha value is -2.46. The second kappa shape index (κ2) is 6.75. The number of nitrogens with one attached hydrogen (secondary N) is 3. The minimum Gasteiger partial charge on any atom is -0.406 e. The monoisotopic (exact) mass is 344 g/mol. The molecule has 0 aliphatic rings. The number of pyridine rings is 1. The molecule has 2 rings (SSSR count). The van der Waals surface area contributed by atoms with Crippen molar-refractivity contribution < 1.29 is 23.0 Å². The van der Waals surface area contributed by atoms with Crippen molar-refractivity contribution in [3.8, 4) is 0 Å². The van der Waals surface area contributed by atoms with Gasteiger partial charge >= 0.3 is 6.18 Å². The van der Waals surface area contributed by atoms with Crippen molar-refractivity contribution in [1.29, 1.82) is 10.8 Å². The second-order valence-corrected chi connectivity index (χ2v) is 5.21. The first-order valence-electron chi connectivity index (χ1n) is 6.14. The summed E-state index contributed by atoms with van der Waals surface area (Å²) in [7, 11) is 0. The lowest BCUT2D eigenvalue weighted by Gasteiger charge is -2.15. The highest BCUT2D eigenvalue weighted by atomic mass is 32.1. The van der Waals surface area contributed by atoms with Crippen molar-refractivity contribution in [3.63, 3.8) is 0 Å². The average molecular weight is 344 g/mol. The van der Waals surface area contributed by atoms with Crippen LogP contribution in [0.1, 0.15) is 22.4 Å². The Morgan fingerprint density at radius 3 is 2.57 bits per heavy atom. The number of hydrogen-bond donors (Lipinski definition) is 4. The summed E-state index contributed by atoms with van der Waals surface area (Å²) in [6.07, 6.45) is -5.21. The predicted octanol–water partition coefficient (Wildman–Crippen LogP) is 2.72. The molecule has 6 nitrogen and oxygen atoms in total. The van der Waals surface area contributed by atoms with Gasteiger partial charge in [0.1, 0.15) is 5.69 Å². The normalized spacial score (nSPS) is 12.5. The van der Waals surface area contributed by atoms with Crippen molar-refractivity contribution in [2.24, 2.45) is 0 Å². The first kappa shape index (κ1) is 16.9. The fourth-order valence-corrected chi connectivity index (χ4v) is 2.14. The van der Waals surface area contributed by atoms with E-state index in [0.29, 0.717) is 4.88 Å². The number of rotatable bonds is 3. The number of ether oxygens (including phenoxy) is 1. The van der Waals surface area contributed by atoms with E-state index in [1.54, 1.807) is 17.5 Å². The molecule has 23 heavy (non-hydrogen) atoms. The Balaban J connectivity index is 1.94. The van der Waals surface area contributed by atoms with Crippen LogP contribution in [0.2, 0.25) is 0 Å². The molecule has 2 heterocycles. The zero-order chi connectivity index (χ0) is 17.0. The molecular weight excluding hydrogens is 333 g/mol. The predicted molar refractivity (Wildman–Crippen MR) is 77.3 cm³/mol. The molecule has 0 saturated carbocycles. The standard InChI is InChI=1S/C13H11F3N4O2S/c14-13(15,16)9-4-3-7(6-19-9)11(21)20-12(18)22-10(17)8-2-1-5-23-8/h1-6,11,17,21H,(H2,18,20). The van der Waals surface area contributed by atoms with Gasteiger partial charge in [-0.25, -0.2) is 0 Å². The van der Waals surface area contributed by atoms with Crippen LogP contribution in [0.5, 0.6) is 0 Å². The molecule has 4 N–H and O–H groups in total. The van der Waals surface area contributed by atoms with Gasteiger partial charge in [-0.1, -0.05) is 12.1 Å². The molecule has 2 aromatic heterocycles. The molecule has 122 valence electrons. The molecule has 0 bridgehead atoms. The lowest BCUT2D eigenvalue weighted by Crippen LogP contribution is -2.31. The van der Waals surface area contributed by atoms with E-state index in [0.717, 1.165) is 18.3 Å². The number of aromatic nitrogens is 1. The summed E-state index contributed by atoms with van der Waals surface area (Å²) in [4.78, 5) is 3.69. The van der Waals surface area contributed by atoms with Crippen LogP contribution in [-0.2, 0) is 10.9 Å². The van der Waals surface area contributed by atoms with Crippen LogP contribution >= 0.6 is 11.3 Å². The molecule has 1 atom stereocenters. The van der Waals surface area contributed by atoms with E-state index in [9.17, 15) is 18.3 Å². The van der Waals surface area contributed by atoms with Gasteiger partial charge in [-0.3, -0.25) is 15.8 Å². The highest BCUT2D eigenvalue weighted by molar-refractivity contribution is 7.12. The van der Waals surface area contributed by atoms with Crippen LogP contribution in [-0.4, -0.2) is 22.0 Å². The maximum absolute atomic E-state index is 12.4. The molecule has 0 spiro atoms. The number of halogens is 3. The fraction of sp³-hybridized carbons (Fsp3) is 0.154. The van der Waals surface area contributed by atoms with E-state index in [-0.39, 0.29) is 11.5 Å². The molecular formula is C13H11F3N4O2S. The van der Waals surface area contributed by atoms with Crippen LogP contribution in [0.4, 0.5) is 13.2 Å². The molecule has 0 fully saturated rings. The van der Waals surface area contributed by atoms with Crippen molar-refractivity contribution in [2.45, 2.75) is 12.4 Å². The number of aliphatic hydroxyl groups is 1. The molecule has 10 heteroatoms. The van der Waals surface area contributed by atoms with E-state index < -0.39 is 24.1 Å². The van der Waals surface area contributed by atoms with E-state index in [4.69, 9.17) is 15.6 Å². The summed E-state index contributed by atoms with van der Waals surface area (Å²) < 4.78 is 42.0. The minimum atomic E-state index is -4.57. The largest absolute Gasteiger partial charge is 0.433 e. The van der Waals surface area contributed by atoms with Crippen molar-refractivity contribution in [3.05, 3.63) is 52.0 Å². The lowest BCUT2D eigenvalue weighted by atomic mass is 10.2. The van der Waals surface area contributed by atoms with Gasteiger partial charge in [0.05, 0.1) is 4.88 Å². The Labute approximate surface area is 132 Å². The van der Waals surface area contributed by atoms with E-state index in [1.807, 2.05) is 0 Å². The first-order chi connectivity index (χ1) is 10.8. The third-order valence-electron chi connectivity index (χ3n) is 2.61. The first-order valence-corrected chi connectivity index (χ1v) is 7.02. The van der Waals surface area contributed by atoms with E-state index >= 15 is 0 Å². The van der Waals surface area contributed by atoms with Crippen molar-refractivity contribution in [1.82, 2.24) is 10.3 Å². The molecule has 0 aromatic carbocycles. The highest BCUT2D eigenvalue weighted by Crippen LogP contribution is 2.27. The van der Waals surface area contributed by atoms with E-state index in [2.05, 4.69) is 10.3 Å². The Morgan fingerprint density at radius 1 is 1.30 bits per heavy atom. The van der Waals surface area contributed by atoms with Gasteiger partial charge in [0.15, 0.2) is 6.23 Å². The number of hydrogen-bond acceptors (Lipinski definition) is 6. The van der Waals surface area contributed by atoms with Crippen LogP contribution in [0, 0.1) is 10.8 Å². The average Bonchev–Trinajstić information content (AvgIpc) is 3.00. The summed E-state index contributed by atoms with van der Waals surface area (Å²) >= 11 is 1.24. The Morgan fingerprint density at radius 2 is 2.04 bits per heavy atom. The van der Waals surface area contributed by atoms with Gasteiger partial charge in [0.2, 0.25) is 5.90 Å². The summed E-state index contributed by atoms with van der Waals surface area (Å²) in [6.45, 7) is 0. The Kier molecular flexibility index (Phi) is 4.96. The molecule has 1 unspecified atom stereocenters. The summed E-state index contributed by atoms with van der Waals surface area (Å²) in [5, 5.41) is 28.9. The number of thiophene rings is 1. The zero-order valence-electron chi connectivity index (χ0n) is 11.4. The molecule has 0 amide bonds. The fourth-order valence-electron chi connectivity index (χ4n) is 1.53. The van der Waals surface area contributed by atoms with Crippen LogP contribution in [0.25, 0.3) is 0 Å². The number of aliphatic hydroxyl groups excluding tert-OH is 1. The zero-order valence-corrected chi connectivity index (χ0v) is 12.2. The molecule has 0 radical (unpaired) electrons. The Bertz CT molecular complexity index is 686. The van der Waals surface area contributed by atoms with Crippen LogP contribution < -0.4 is 5.32 Å². The molecule has 0 saturated heterocycles. The third-order valence-corrected chi connectivity index (χ3v) is 3.48. The summed E-state index contributed by atoms with van der Waals surface area (Å²) in [5.74, 6) is -0.282. The topological polar surface area (TPSA) is 102 Å². The van der Waals surface area contributed by atoms with Crippen LogP contribution in [0.3, 0.4) is 0 Å². The smallest absolute Gasteiger partial charge is 0.406 e. The lowest BCUT2D eigenvalue weighted by molar-refractivity contribution is -0.141. The van der Waals surface area contributed by atoms with Gasteiger partial charge < -0.3 is 15.2 Å². The van der Waals surface area contributed by atoms with Gasteiger partial charge in [0.25, 0.3) is 6.02 Å². The summed E-state index contributed by atoms with van der Waals surface area (Å²) in [6, 6.07) is 4.47. The quantitative estimate of drug-likeness (QED) is 0.391. The van der Waals surface area contributed by atoms with Crippen molar-refractivity contribution in [2.75, 3.05) is 0 Å². The van der Waals surface area contributed by atoms with Crippen LogP contribution in [0.15, 0.2) is 35.8 Å². The maximum Gasteiger partial charge on any atom is 0.433 e. The van der Waals surface area contributed by atoms with Crippen molar-refractivity contribution >= 4 is 23.3 Å². The van der Waals surface area contributed by atoms with E-state index in [1.165, 1.54) is 11.3 Å². The van der Waals surface area contributed by atoms with Gasteiger partial charge in [0, 0.05) is 11.8 Å². The highest BCUT2D eigenvalue weighted by Gasteiger charge is 2.32. The number of amidine groups is 1.